The summed E-state index contributed by atoms with van der Waals surface area (Å²) in [7, 11) is -0.313. The number of methoxy groups -OCH3 is 1. The molecule has 3 aromatic rings. The second-order valence-corrected chi connectivity index (χ2v) is 8.18. The van der Waals surface area contributed by atoms with Crippen LogP contribution in [0.4, 0.5) is 0 Å². The van der Waals surface area contributed by atoms with Crippen LogP contribution < -0.4 is 9.46 Å². The van der Waals surface area contributed by atoms with Gasteiger partial charge in [-0.15, -0.1) is 0 Å². The number of nitrogens with zero attached hydrogens (tertiary/aromatic N) is 2. The Balaban J connectivity index is 2.02. The molecule has 0 aliphatic carbocycles. The summed E-state index contributed by atoms with van der Waals surface area (Å²) in [6.45, 7) is 3.85. The molecule has 0 aliphatic rings. The Hall–Kier alpha value is -2.64. The Bertz CT molecular complexity index is 1040. The van der Waals surface area contributed by atoms with Crippen molar-refractivity contribution in [1.29, 1.82) is 0 Å². The predicted molar refractivity (Wildman–Crippen MR) is 104 cm³/mol. The highest BCUT2D eigenvalue weighted by molar-refractivity contribution is 7.89. The first-order valence-electron chi connectivity index (χ1n) is 8.52. The Labute approximate surface area is 159 Å². The van der Waals surface area contributed by atoms with Crippen LogP contribution in [-0.4, -0.2) is 25.1 Å². The van der Waals surface area contributed by atoms with Crippen LogP contribution in [0, 0.1) is 13.8 Å². The lowest BCUT2D eigenvalue weighted by molar-refractivity contribution is 0.414. The summed E-state index contributed by atoms with van der Waals surface area (Å²) >= 11 is 0. The first-order chi connectivity index (χ1) is 12.8. The number of aromatic nitrogens is 2. The quantitative estimate of drug-likeness (QED) is 0.708. The lowest BCUT2D eigenvalue weighted by Gasteiger charge is -2.20. The molecule has 0 amide bonds. The number of hydrogen-bond donors (Lipinski definition) is 1. The molecule has 0 saturated heterocycles. The smallest absolute Gasteiger partial charge is 0.241 e. The Morgan fingerprint density at radius 3 is 2.33 bits per heavy atom. The van der Waals surface area contributed by atoms with Crippen LogP contribution in [0.15, 0.2) is 59.8 Å². The second-order valence-electron chi connectivity index (χ2n) is 6.47. The number of ether oxygens (including phenoxy) is 1. The van der Waals surface area contributed by atoms with Gasteiger partial charge >= 0.3 is 0 Å². The van der Waals surface area contributed by atoms with Gasteiger partial charge in [0.05, 0.1) is 12.0 Å². The van der Waals surface area contributed by atoms with E-state index in [0.717, 1.165) is 16.7 Å². The van der Waals surface area contributed by atoms with Crippen LogP contribution >= 0.6 is 0 Å². The number of imidazole rings is 1. The molecule has 0 spiro atoms. The molecule has 27 heavy (non-hydrogen) atoms. The van der Waals surface area contributed by atoms with E-state index in [1.807, 2.05) is 39.1 Å². The number of rotatable bonds is 6. The summed E-state index contributed by atoms with van der Waals surface area (Å²) in [6.07, 6.45) is 3.44. The standard InChI is InChI=1S/C20H23N3O3S/c1-14-5-10-18(13-15(14)2)27(24,25)22-19(20-21-11-12-23(20)3)16-6-8-17(26-4)9-7-16/h5-13,19,22H,1-4H3. The minimum absolute atomic E-state index is 0.235. The van der Waals surface area contributed by atoms with Gasteiger partial charge in [0.15, 0.2) is 0 Å². The van der Waals surface area contributed by atoms with Crippen molar-refractivity contribution < 1.29 is 13.2 Å². The van der Waals surface area contributed by atoms with E-state index in [9.17, 15) is 8.42 Å². The van der Waals surface area contributed by atoms with Crippen molar-refractivity contribution in [2.45, 2.75) is 24.8 Å². The summed E-state index contributed by atoms with van der Waals surface area (Å²) in [6, 6.07) is 11.8. The fraction of sp³-hybridized carbons (Fsp3) is 0.250. The average molecular weight is 385 g/mol. The molecule has 7 heteroatoms. The molecule has 0 aliphatic heterocycles. The van der Waals surface area contributed by atoms with Crippen molar-refractivity contribution in [3.8, 4) is 5.75 Å². The van der Waals surface area contributed by atoms with Crippen LogP contribution in [0.2, 0.25) is 0 Å². The number of benzene rings is 2. The van der Waals surface area contributed by atoms with Crippen molar-refractivity contribution in [1.82, 2.24) is 14.3 Å². The molecule has 6 nitrogen and oxygen atoms in total. The van der Waals surface area contributed by atoms with Crippen LogP contribution in [-0.2, 0) is 17.1 Å². The number of aryl methyl sites for hydroxylation is 3. The molecule has 3 rings (SSSR count). The summed E-state index contributed by atoms with van der Waals surface area (Å²) in [4.78, 5) is 4.58. The zero-order valence-corrected chi connectivity index (χ0v) is 16.6. The molecule has 1 N–H and O–H groups in total. The van der Waals surface area contributed by atoms with Gasteiger partial charge in [-0.05, 0) is 54.8 Å². The van der Waals surface area contributed by atoms with E-state index in [4.69, 9.17) is 4.74 Å². The number of sulfonamides is 1. The molecule has 0 saturated carbocycles. The van der Waals surface area contributed by atoms with E-state index in [2.05, 4.69) is 9.71 Å². The highest BCUT2D eigenvalue weighted by Crippen LogP contribution is 2.25. The molecule has 1 unspecified atom stereocenters. The third kappa shape index (κ3) is 4.04. The number of nitrogens with one attached hydrogen (secondary N) is 1. The first-order valence-corrected chi connectivity index (χ1v) is 10.0. The van der Waals surface area contributed by atoms with Crippen molar-refractivity contribution in [3.63, 3.8) is 0 Å². The van der Waals surface area contributed by atoms with Gasteiger partial charge in [0.25, 0.3) is 0 Å². The predicted octanol–water partition coefficient (Wildman–Crippen LogP) is 3.11. The maximum absolute atomic E-state index is 13.0. The molecular formula is C20H23N3O3S. The monoisotopic (exact) mass is 385 g/mol. The Morgan fingerprint density at radius 1 is 1.07 bits per heavy atom. The van der Waals surface area contributed by atoms with Crippen LogP contribution in [0.3, 0.4) is 0 Å². The molecule has 1 aromatic heterocycles. The molecule has 0 radical (unpaired) electrons. The van der Waals surface area contributed by atoms with E-state index in [1.54, 1.807) is 48.3 Å². The maximum Gasteiger partial charge on any atom is 0.241 e. The van der Waals surface area contributed by atoms with Gasteiger partial charge < -0.3 is 9.30 Å². The zero-order chi connectivity index (χ0) is 19.6. The van der Waals surface area contributed by atoms with E-state index < -0.39 is 16.1 Å². The Kier molecular flexibility index (Phi) is 5.34. The molecule has 2 aromatic carbocycles. The molecule has 142 valence electrons. The van der Waals surface area contributed by atoms with Gasteiger partial charge in [0.2, 0.25) is 10.0 Å². The van der Waals surface area contributed by atoms with Crippen LogP contribution in [0.25, 0.3) is 0 Å². The van der Waals surface area contributed by atoms with Crippen molar-refractivity contribution in [2.24, 2.45) is 7.05 Å². The minimum Gasteiger partial charge on any atom is -0.497 e. The van der Waals surface area contributed by atoms with Gasteiger partial charge in [-0.1, -0.05) is 18.2 Å². The topological polar surface area (TPSA) is 73.2 Å². The second kappa shape index (κ2) is 7.54. The van der Waals surface area contributed by atoms with E-state index in [1.165, 1.54) is 0 Å². The highest BCUT2D eigenvalue weighted by Gasteiger charge is 2.26. The lowest BCUT2D eigenvalue weighted by atomic mass is 10.1. The van der Waals surface area contributed by atoms with Crippen LogP contribution in [0.1, 0.15) is 28.6 Å². The summed E-state index contributed by atoms with van der Waals surface area (Å²) in [5, 5.41) is 0. The largest absolute Gasteiger partial charge is 0.497 e. The van der Waals surface area contributed by atoms with Crippen LogP contribution in [0.5, 0.6) is 5.75 Å². The third-order valence-electron chi connectivity index (χ3n) is 4.63. The molecular weight excluding hydrogens is 362 g/mol. The Morgan fingerprint density at radius 2 is 1.78 bits per heavy atom. The van der Waals surface area contributed by atoms with E-state index in [0.29, 0.717) is 11.6 Å². The summed E-state index contributed by atoms with van der Waals surface area (Å²) in [5.41, 5.74) is 2.75. The van der Waals surface area contributed by atoms with Crippen molar-refractivity contribution in [3.05, 3.63) is 77.4 Å². The molecule has 0 bridgehead atoms. The SMILES string of the molecule is COc1ccc(C(NS(=O)(=O)c2ccc(C)c(C)c2)c2nccn2C)cc1. The molecule has 1 heterocycles. The fourth-order valence-corrected chi connectivity index (χ4v) is 4.09. The van der Waals surface area contributed by atoms with Crippen molar-refractivity contribution in [2.75, 3.05) is 7.11 Å². The third-order valence-corrected chi connectivity index (χ3v) is 6.05. The van der Waals surface area contributed by atoms with Gasteiger partial charge in [-0.3, -0.25) is 0 Å². The maximum atomic E-state index is 13.0. The van der Waals surface area contributed by atoms with Gasteiger partial charge in [0, 0.05) is 19.4 Å². The zero-order valence-electron chi connectivity index (χ0n) is 15.8. The fourth-order valence-electron chi connectivity index (χ4n) is 2.83. The lowest BCUT2D eigenvalue weighted by Crippen LogP contribution is -2.31. The van der Waals surface area contributed by atoms with E-state index >= 15 is 0 Å². The number of hydrogen-bond acceptors (Lipinski definition) is 4. The molecule has 0 fully saturated rings. The minimum atomic E-state index is -3.74. The molecule has 1 atom stereocenters. The summed E-state index contributed by atoms with van der Waals surface area (Å²) < 4.78 is 35.9. The highest BCUT2D eigenvalue weighted by atomic mass is 32.2. The van der Waals surface area contributed by atoms with E-state index in [-0.39, 0.29) is 4.90 Å². The van der Waals surface area contributed by atoms with Gasteiger partial charge in [-0.25, -0.2) is 13.4 Å². The van der Waals surface area contributed by atoms with Gasteiger partial charge in [-0.2, -0.15) is 4.72 Å². The summed E-state index contributed by atoms with van der Waals surface area (Å²) in [5.74, 6) is 1.31. The first kappa shape index (κ1) is 19.1. The normalized spacial score (nSPS) is 12.7. The van der Waals surface area contributed by atoms with Crippen molar-refractivity contribution >= 4 is 10.0 Å². The van der Waals surface area contributed by atoms with Gasteiger partial charge in [0.1, 0.15) is 17.6 Å². The average Bonchev–Trinajstić information content (AvgIpc) is 3.08.